The zero-order valence-corrected chi connectivity index (χ0v) is 23.8. The summed E-state index contributed by atoms with van der Waals surface area (Å²) in [6, 6.07) is 1.20. The van der Waals surface area contributed by atoms with Gasteiger partial charge in [-0.15, -0.1) is 0 Å². The number of rotatable bonds is 5. The van der Waals surface area contributed by atoms with Crippen LogP contribution in [0.25, 0.3) is 22.2 Å². The fourth-order valence-corrected chi connectivity index (χ4v) is 7.66. The highest BCUT2D eigenvalue weighted by Crippen LogP contribution is 2.47. The first-order valence-corrected chi connectivity index (χ1v) is 14.6. The number of aromatic hydroxyl groups is 1. The third-order valence-corrected chi connectivity index (χ3v) is 9.53. The van der Waals surface area contributed by atoms with Gasteiger partial charge in [0.1, 0.15) is 38.5 Å². The maximum Gasteiger partial charge on any atom is 0.418 e. The van der Waals surface area contributed by atoms with Crippen molar-refractivity contribution in [2.75, 3.05) is 31.1 Å². The van der Waals surface area contributed by atoms with E-state index in [1.165, 1.54) is 6.20 Å². The molecule has 7 rings (SSSR count). The minimum absolute atomic E-state index is 0.0541. The molecule has 4 fully saturated rings. The number of pyridine rings is 1. The van der Waals surface area contributed by atoms with Crippen LogP contribution in [0.15, 0.2) is 18.3 Å². The molecule has 0 amide bonds. The molecule has 15 heteroatoms. The van der Waals surface area contributed by atoms with Crippen molar-refractivity contribution >= 4 is 44.0 Å². The van der Waals surface area contributed by atoms with Crippen LogP contribution in [0.4, 0.5) is 23.4 Å². The summed E-state index contributed by atoms with van der Waals surface area (Å²) < 4.78 is 70.6. The molecule has 4 saturated heterocycles. The van der Waals surface area contributed by atoms with Crippen LogP contribution >= 0.6 is 11.6 Å². The first kappa shape index (κ1) is 28.9. The lowest BCUT2D eigenvalue weighted by molar-refractivity contribution is -0.137. The van der Waals surface area contributed by atoms with Crippen molar-refractivity contribution in [1.82, 2.24) is 19.9 Å². The van der Waals surface area contributed by atoms with Gasteiger partial charge in [-0.25, -0.2) is 4.39 Å². The Kier molecular flexibility index (Phi) is 6.79. The van der Waals surface area contributed by atoms with Gasteiger partial charge in [-0.3, -0.25) is 9.88 Å². The number of phenols is 1. The predicted molar refractivity (Wildman–Crippen MR) is 152 cm³/mol. The van der Waals surface area contributed by atoms with Crippen LogP contribution in [-0.4, -0.2) is 90.0 Å². The maximum atomic E-state index is 16.4. The first-order valence-electron chi connectivity index (χ1n) is 14.2. The van der Waals surface area contributed by atoms with E-state index in [0.717, 1.165) is 50.9 Å². The van der Waals surface area contributed by atoms with Gasteiger partial charge in [0.05, 0.1) is 28.2 Å². The van der Waals surface area contributed by atoms with Crippen LogP contribution in [0.5, 0.6) is 11.8 Å². The highest BCUT2D eigenvalue weighted by Gasteiger charge is 2.55. The molecule has 2 unspecified atom stereocenters. The smallest absolute Gasteiger partial charge is 0.418 e. The first-order chi connectivity index (χ1) is 20.4. The Balaban J connectivity index is 1.39. The number of phenolic OH excluding ortho intramolecular Hbond substituents is 1. The molecule has 8 nitrogen and oxygen atoms in total. The van der Waals surface area contributed by atoms with Gasteiger partial charge in [-0.05, 0) is 63.7 Å². The Morgan fingerprint density at radius 2 is 1.74 bits per heavy atom. The van der Waals surface area contributed by atoms with E-state index in [1.807, 2.05) is 4.90 Å². The molecule has 1 N–H and O–H groups in total. The van der Waals surface area contributed by atoms with E-state index in [4.69, 9.17) is 36.8 Å². The number of halogens is 5. The minimum Gasteiger partial charge on any atom is -0.508 e. The lowest BCUT2D eigenvalue weighted by Gasteiger charge is -2.46. The monoisotopic (exact) mass is 613 g/mol. The maximum absolute atomic E-state index is 16.4. The molecule has 3 aromatic rings. The summed E-state index contributed by atoms with van der Waals surface area (Å²) in [5.41, 5.74) is -3.76. The zero-order chi connectivity index (χ0) is 30.3. The molecule has 43 heavy (non-hydrogen) atoms. The summed E-state index contributed by atoms with van der Waals surface area (Å²) in [6.45, 7) is 2.55. The molecule has 1 aromatic carbocycles. The quantitative estimate of drug-likeness (QED) is 0.331. The van der Waals surface area contributed by atoms with Gasteiger partial charge in [0, 0.05) is 35.8 Å². The number of hydrogen-bond acceptors (Lipinski definition) is 8. The molecule has 0 saturated carbocycles. The van der Waals surface area contributed by atoms with Crippen LogP contribution < -0.4 is 9.64 Å². The van der Waals surface area contributed by atoms with Gasteiger partial charge in [-0.1, -0.05) is 11.6 Å². The van der Waals surface area contributed by atoms with Crippen molar-refractivity contribution < 1.29 is 32.1 Å². The van der Waals surface area contributed by atoms with Gasteiger partial charge in [0.25, 0.3) is 0 Å². The fourth-order valence-electron chi connectivity index (χ4n) is 7.34. The van der Waals surface area contributed by atoms with Gasteiger partial charge in [-0.2, -0.15) is 23.1 Å². The van der Waals surface area contributed by atoms with Gasteiger partial charge < -0.3 is 19.5 Å². The normalized spacial score (nSPS) is 23.7. The zero-order valence-electron chi connectivity index (χ0n) is 23.0. The lowest BCUT2D eigenvalue weighted by atomic mass is 9.53. The SMILES string of the molecule is [B]C([B])(Oc1nc(N2CC3CCC(C2)O3)c2cnc(-c3cc(O)cc(Cl)c3C(F)(F)F)c(F)c2n1)C12CCCN1CCC2. The second-order valence-electron chi connectivity index (χ2n) is 11.8. The summed E-state index contributed by atoms with van der Waals surface area (Å²) >= 11 is 5.88. The molecular formula is C28H26B2ClF4N5O3. The number of aromatic nitrogens is 3. The summed E-state index contributed by atoms with van der Waals surface area (Å²) in [5, 5.41) is 7.70. The van der Waals surface area contributed by atoms with Gasteiger partial charge >= 0.3 is 12.2 Å². The van der Waals surface area contributed by atoms with Gasteiger partial charge in [0.2, 0.25) is 0 Å². The Labute approximate surface area is 252 Å². The molecule has 0 spiro atoms. The average molecular weight is 614 g/mol. The van der Waals surface area contributed by atoms with Crippen LogP contribution in [0.3, 0.4) is 0 Å². The summed E-state index contributed by atoms with van der Waals surface area (Å²) in [7, 11) is 13.3. The fraction of sp³-hybridized carbons (Fsp3) is 0.536. The summed E-state index contributed by atoms with van der Waals surface area (Å²) in [5.74, 6) is -1.47. The molecule has 0 aliphatic carbocycles. The minimum atomic E-state index is -4.96. The summed E-state index contributed by atoms with van der Waals surface area (Å²) in [4.78, 5) is 17.1. The van der Waals surface area contributed by atoms with E-state index in [1.54, 1.807) is 0 Å². The third-order valence-electron chi connectivity index (χ3n) is 9.23. The number of ether oxygens (including phenoxy) is 2. The third kappa shape index (κ3) is 4.71. The Bertz CT molecular complexity index is 1590. The topological polar surface area (TPSA) is 83.8 Å². The number of anilines is 1. The summed E-state index contributed by atoms with van der Waals surface area (Å²) in [6.07, 6.45) is 1.04. The Morgan fingerprint density at radius 1 is 1.07 bits per heavy atom. The second-order valence-corrected chi connectivity index (χ2v) is 12.3. The van der Waals surface area contributed by atoms with Crippen molar-refractivity contribution in [1.29, 1.82) is 0 Å². The van der Waals surface area contributed by atoms with E-state index >= 15 is 4.39 Å². The molecule has 222 valence electrons. The highest BCUT2D eigenvalue weighted by atomic mass is 35.5. The van der Waals surface area contributed by atoms with Gasteiger partial charge in [0.15, 0.2) is 5.82 Å². The molecule has 4 aliphatic heterocycles. The highest BCUT2D eigenvalue weighted by molar-refractivity contribution is 6.40. The van der Waals surface area contributed by atoms with Crippen molar-refractivity contribution in [2.24, 2.45) is 0 Å². The number of alkyl halides is 3. The Hall–Kier alpha value is -2.83. The Morgan fingerprint density at radius 3 is 2.40 bits per heavy atom. The van der Waals surface area contributed by atoms with Crippen molar-refractivity contribution in [3.63, 3.8) is 0 Å². The number of morpholine rings is 1. The van der Waals surface area contributed by atoms with Crippen LogP contribution in [0, 0.1) is 5.82 Å². The molecule has 4 aliphatic rings. The van der Waals surface area contributed by atoms with Crippen molar-refractivity contribution in [3.05, 3.63) is 34.7 Å². The van der Waals surface area contributed by atoms with Crippen LogP contribution in [-0.2, 0) is 10.9 Å². The number of hydrogen-bond donors (Lipinski definition) is 1. The average Bonchev–Trinajstić information content (AvgIpc) is 3.62. The predicted octanol–water partition coefficient (Wildman–Crippen LogP) is 4.57. The van der Waals surface area contributed by atoms with Crippen LogP contribution in [0.1, 0.15) is 44.1 Å². The molecule has 2 bridgehead atoms. The van der Waals surface area contributed by atoms with E-state index in [9.17, 15) is 18.3 Å². The van der Waals surface area contributed by atoms with Crippen molar-refractivity contribution in [2.45, 2.75) is 67.8 Å². The lowest BCUT2D eigenvalue weighted by Crippen LogP contribution is -2.63. The largest absolute Gasteiger partial charge is 0.508 e. The van der Waals surface area contributed by atoms with Crippen molar-refractivity contribution in [3.8, 4) is 23.0 Å². The molecule has 2 atom stereocenters. The standard InChI is InChI=1S/C28H26B2ClF4N5O3/c29-28(30,26-5-1-7-40(26)8-2-6-26)43-25-37-23-18(24(38-25)39-12-15-3-4-16(13-39)42-15)11-36-22(21(23)32)17-9-14(41)10-19(31)20(17)27(33,34)35/h9-11,15-16,41H,1-8,12-13H2. The van der Waals surface area contributed by atoms with E-state index in [0.29, 0.717) is 25.9 Å². The van der Waals surface area contributed by atoms with E-state index in [-0.39, 0.29) is 34.9 Å². The van der Waals surface area contributed by atoms with E-state index in [2.05, 4.69) is 19.9 Å². The molecule has 4 radical (unpaired) electrons. The molecule has 6 heterocycles. The van der Waals surface area contributed by atoms with Crippen LogP contribution in [0.2, 0.25) is 5.02 Å². The number of benzene rings is 1. The number of nitrogens with zero attached hydrogens (tertiary/aromatic N) is 5. The molecular weight excluding hydrogens is 587 g/mol. The number of fused-ring (bicyclic) bond motifs is 4. The van der Waals surface area contributed by atoms with E-state index < -0.39 is 50.5 Å². The molecule has 2 aromatic heterocycles. The second kappa shape index (κ2) is 10.1.